The SMILES string of the molecule is CCc1cccc(C)c1NC(=O)[C@@H](C)Oc1ccc(Cl)cc1. The van der Waals surface area contributed by atoms with Crippen molar-refractivity contribution in [2.24, 2.45) is 0 Å². The van der Waals surface area contributed by atoms with Gasteiger partial charge in [0.25, 0.3) is 5.91 Å². The summed E-state index contributed by atoms with van der Waals surface area (Å²) in [5, 5.41) is 3.61. The number of carbonyl (C=O) groups is 1. The Kier molecular flexibility index (Phi) is 5.45. The zero-order chi connectivity index (χ0) is 16.1. The van der Waals surface area contributed by atoms with Crippen LogP contribution in [0.4, 0.5) is 5.69 Å². The van der Waals surface area contributed by atoms with Gasteiger partial charge >= 0.3 is 0 Å². The van der Waals surface area contributed by atoms with Crippen molar-refractivity contribution in [2.75, 3.05) is 5.32 Å². The first kappa shape index (κ1) is 16.4. The van der Waals surface area contributed by atoms with Gasteiger partial charge in [0, 0.05) is 10.7 Å². The Hall–Kier alpha value is -2.00. The van der Waals surface area contributed by atoms with Crippen molar-refractivity contribution in [2.45, 2.75) is 33.3 Å². The molecule has 2 rings (SSSR count). The zero-order valence-corrected chi connectivity index (χ0v) is 13.8. The molecule has 0 aliphatic carbocycles. The summed E-state index contributed by atoms with van der Waals surface area (Å²) in [7, 11) is 0. The van der Waals surface area contributed by atoms with Crippen molar-refractivity contribution in [3.8, 4) is 5.75 Å². The van der Waals surface area contributed by atoms with E-state index in [0.29, 0.717) is 10.8 Å². The van der Waals surface area contributed by atoms with Gasteiger partial charge in [0.15, 0.2) is 6.10 Å². The number of nitrogens with one attached hydrogen (secondary N) is 1. The first-order valence-corrected chi connectivity index (χ1v) is 7.70. The van der Waals surface area contributed by atoms with E-state index in [1.807, 2.05) is 25.1 Å². The molecule has 0 unspecified atom stereocenters. The lowest BCUT2D eigenvalue weighted by Crippen LogP contribution is -2.30. The van der Waals surface area contributed by atoms with Gasteiger partial charge in [-0.15, -0.1) is 0 Å². The Labute approximate surface area is 136 Å². The molecule has 0 saturated carbocycles. The van der Waals surface area contributed by atoms with Gasteiger partial charge in [-0.05, 0) is 55.7 Å². The number of hydrogen-bond donors (Lipinski definition) is 1. The van der Waals surface area contributed by atoms with Crippen LogP contribution < -0.4 is 10.1 Å². The fraction of sp³-hybridized carbons (Fsp3) is 0.278. The quantitative estimate of drug-likeness (QED) is 0.874. The van der Waals surface area contributed by atoms with E-state index in [4.69, 9.17) is 16.3 Å². The molecule has 2 aromatic carbocycles. The molecule has 0 aliphatic rings. The van der Waals surface area contributed by atoms with Crippen LogP contribution in [0.25, 0.3) is 0 Å². The van der Waals surface area contributed by atoms with Gasteiger partial charge in [-0.3, -0.25) is 4.79 Å². The molecule has 0 radical (unpaired) electrons. The predicted octanol–water partition coefficient (Wildman–Crippen LogP) is 4.62. The van der Waals surface area contributed by atoms with Crippen molar-refractivity contribution in [1.29, 1.82) is 0 Å². The summed E-state index contributed by atoms with van der Waals surface area (Å²) in [6.45, 7) is 5.78. The first-order chi connectivity index (χ1) is 10.5. The van der Waals surface area contributed by atoms with E-state index in [1.54, 1.807) is 31.2 Å². The molecule has 0 aliphatic heterocycles. The van der Waals surface area contributed by atoms with E-state index >= 15 is 0 Å². The van der Waals surface area contributed by atoms with Crippen molar-refractivity contribution in [1.82, 2.24) is 0 Å². The van der Waals surface area contributed by atoms with Gasteiger partial charge in [0.2, 0.25) is 0 Å². The number of amides is 1. The summed E-state index contributed by atoms with van der Waals surface area (Å²) in [5.41, 5.74) is 3.04. The van der Waals surface area contributed by atoms with Crippen LogP contribution in [0.3, 0.4) is 0 Å². The zero-order valence-electron chi connectivity index (χ0n) is 13.0. The van der Waals surface area contributed by atoms with E-state index in [1.165, 1.54) is 0 Å². The summed E-state index contributed by atoms with van der Waals surface area (Å²) < 4.78 is 5.65. The minimum Gasteiger partial charge on any atom is -0.481 e. The van der Waals surface area contributed by atoms with Crippen molar-refractivity contribution < 1.29 is 9.53 Å². The molecule has 22 heavy (non-hydrogen) atoms. The normalized spacial score (nSPS) is 11.8. The number of carbonyl (C=O) groups excluding carboxylic acids is 1. The Bertz CT molecular complexity index is 653. The van der Waals surface area contributed by atoms with Crippen molar-refractivity contribution in [3.63, 3.8) is 0 Å². The molecule has 0 spiro atoms. The third-order valence-corrected chi connectivity index (χ3v) is 3.74. The summed E-state index contributed by atoms with van der Waals surface area (Å²) in [5.74, 6) is 0.450. The maximum absolute atomic E-state index is 12.3. The molecule has 116 valence electrons. The highest BCUT2D eigenvalue weighted by Gasteiger charge is 2.17. The monoisotopic (exact) mass is 317 g/mol. The predicted molar refractivity (Wildman–Crippen MR) is 90.7 cm³/mol. The number of halogens is 1. The number of hydrogen-bond acceptors (Lipinski definition) is 2. The fourth-order valence-corrected chi connectivity index (χ4v) is 2.32. The van der Waals surface area contributed by atoms with E-state index < -0.39 is 6.10 Å². The minimum absolute atomic E-state index is 0.168. The molecule has 0 heterocycles. The van der Waals surface area contributed by atoms with Gasteiger partial charge in [-0.2, -0.15) is 0 Å². The number of para-hydroxylation sites is 1. The lowest BCUT2D eigenvalue weighted by atomic mass is 10.1. The molecule has 2 aromatic rings. The average Bonchev–Trinajstić information content (AvgIpc) is 2.51. The van der Waals surface area contributed by atoms with Crippen molar-refractivity contribution in [3.05, 3.63) is 58.6 Å². The second kappa shape index (κ2) is 7.32. The van der Waals surface area contributed by atoms with Gasteiger partial charge in [-0.1, -0.05) is 36.7 Å². The van der Waals surface area contributed by atoms with Gasteiger partial charge in [-0.25, -0.2) is 0 Å². The van der Waals surface area contributed by atoms with Crippen LogP contribution in [-0.4, -0.2) is 12.0 Å². The van der Waals surface area contributed by atoms with E-state index in [-0.39, 0.29) is 5.91 Å². The summed E-state index contributed by atoms with van der Waals surface area (Å²) in [6, 6.07) is 13.0. The van der Waals surface area contributed by atoms with Gasteiger partial charge in [0.05, 0.1) is 0 Å². The van der Waals surface area contributed by atoms with Crippen LogP contribution in [0.1, 0.15) is 25.0 Å². The molecular weight excluding hydrogens is 298 g/mol. The first-order valence-electron chi connectivity index (χ1n) is 7.33. The molecular formula is C18H20ClNO2. The second-order valence-electron chi connectivity index (χ2n) is 5.17. The highest BCUT2D eigenvalue weighted by molar-refractivity contribution is 6.30. The van der Waals surface area contributed by atoms with Crippen LogP contribution in [0.5, 0.6) is 5.75 Å². The van der Waals surface area contributed by atoms with E-state index in [0.717, 1.165) is 23.2 Å². The van der Waals surface area contributed by atoms with Crippen LogP contribution in [-0.2, 0) is 11.2 Å². The molecule has 0 fully saturated rings. The van der Waals surface area contributed by atoms with E-state index in [2.05, 4.69) is 12.2 Å². The molecule has 0 saturated heterocycles. The highest BCUT2D eigenvalue weighted by atomic mass is 35.5. The maximum atomic E-state index is 12.3. The molecule has 4 heteroatoms. The Morgan fingerprint density at radius 2 is 1.91 bits per heavy atom. The van der Waals surface area contributed by atoms with Crippen molar-refractivity contribution >= 4 is 23.2 Å². The topological polar surface area (TPSA) is 38.3 Å². The largest absolute Gasteiger partial charge is 0.481 e. The van der Waals surface area contributed by atoms with Crippen LogP contribution in [0.15, 0.2) is 42.5 Å². The minimum atomic E-state index is -0.592. The van der Waals surface area contributed by atoms with Crippen LogP contribution in [0.2, 0.25) is 5.02 Å². The fourth-order valence-electron chi connectivity index (χ4n) is 2.20. The number of ether oxygens (including phenoxy) is 1. The summed E-state index contributed by atoms with van der Waals surface area (Å²) in [6.07, 6.45) is 0.273. The lowest BCUT2D eigenvalue weighted by molar-refractivity contribution is -0.122. The molecule has 1 amide bonds. The molecule has 3 nitrogen and oxygen atoms in total. The van der Waals surface area contributed by atoms with Crippen LogP contribution in [0, 0.1) is 6.92 Å². The smallest absolute Gasteiger partial charge is 0.265 e. The number of anilines is 1. The Morgan fingerprint density at radius 3 is 2.55 bits per heavy atom. The third-order valence-electron chi connectivity index (χ3n) is 3.48. The summed E-state index contributed by atoms with van der Waals surface area (Å²) >= 11 is 5.83. The highest BCUT2D eigenvalue weighted by Crippen LogP contribution is 2.22. The maximum Gasteiger partial charge on any atom is 0.265 e. The van der Waals surface area contributed by atoms with Gasteiger partial charge in [0.1, 0.15) is 5.75 Å². The molecule has 1 atom stereocenters. The molecule has 0 bridgehead atoms. The third kappa shape index (κ3) is 4.01. The second-order valence-corrected chi connectivity index (χ2v) is 5.60. The van der Waals surface area contributed by atoms with Crippen LogP contribution >= 0.6 is 11.6 Å². The van der Waals surface area contributed by atoms with E-state index in [9.17, 15) is 4.79 Å². The molecule has 1 N–H and O–H groups in total. The number of rotatable bonds is 5. The summed E-state index contributed by atoms with van der Waals surface area (Å²) in [4.78, 5) is 12.3. The average molecular weight is 318 g/mol. The van der Waals surface area contributed by atoms with Gasteiger partial charge < -0.3 is 10.1 Å². The Morgan fingerprint density at radius 1 is 1.23 bits per heavy atom. The number of benzene rings is 2. The Balaban J connectivity index is 2.07. The number of aryl methyl sites for hydroxylation is 2. The standard InChI is InChI=1S/C18H20ClNO2/c1-4-14-7-5-6-12(2)17(14)20-18(21)13(3)22-16-10-8-15(19)9-11-16/h5-11,13H,4H2,1-3H3,(H,20,21)/t13-/m1/s1. The molecule has 0 aromatic heterocycles. The lowest BCUT2D eigenvalue weighted by Gasteiger charge is -2.17.